The van der Waals surface area contributed by atoms with Crippen molar-refractivity contribution >= 4 is 24.6 Å². The zero-order chi connectivity index (χ0) is 23.0. The quantitative estimate of drug-likeness (QED) is 0.727. The molecule has 0 spiro atoms. The maximum absolute atomic E-state index is 12.8. The van der Waals surface area contributed by atoms with Gasteiger partial charge in [0, 0.05) is 25.6 Å². The summed E-state index contributed by atoms with van der Waals surface area (Å²) in [5.41, 5.74) is 0.532. The molecule has 31 heavy (non-hydrogen) atoms. The van der Waals surface area contributed by atoms with Gasteiger partial charge in [0.25, 0.3) is 0 Å². The van der Waals surface area contributed by atoms with Crippen molar-refractivity contribution in [3.8, 4) is 0 Å². The lowest BCUT2D eigenvalue weighted by atomic mass is 9.79. The molecular formula is C23H35BN2O5. The first kappa shape index (κ1) is 23.6. The molecule has 0 radical (unpaired) electrons. The lowest BCUT2D eigenvalue weighted by Gasteiger charge is -2.32. The van der Waals surface area contributed by atoms with Crippen LogP contribution in [-0.4, -0.2) is 53.4 Å². The summed E-state index contributed by atoms with van der Waals surface area (Å²) in [7, 11) is -0.422. The molecule has 3 rings (SSSR count). The highest BCUT2D eigenvalue weighted by Crippen LogP contribution is 2.36. The molecule has 0 bridgehead atoms. The molecule has 1 aromatic rings. The van der Waals surface area contributed by atoms with E-state index in [4.69, 9.17) is 14.0 Å². The average Bonchev–Trinajstić information content (AvgIpc) is 3.13. The largest absolute Gasteiger partial charge is 0.494 e. The molecule has 2 heterocycles. The number of nitrogens with zero attached hydrogens (tertiary/aromatic N) is 1. The summed E-state index contributed by atoms with van der Waals surface area (Å²) < 4.78 is 17.8. The molecule has 2 fully saturated rings. The number of ether oxygens (including phenoxy) is 1. The summed E-state index contributed by atoms with van der Waals surface area (Å²) in [6, 6.07) is 7.85. The predicted molar refractivity (Wildman–Crippen MR) is 120 cm³/mol. The highest BCUT2D eigenvalue weighted by Gasteiger charge is 2.51. The van der Waals surface area contributed by atoms with Crippen LogP contribution in [0, 0.1) is 0 Å². The van der Waals surface area contributed by atoms with Crippen molar-refractivity contribution in [1.29, 1.82) is 0 Å². The van der Waals surface area contributed by atoms with Gasteiger partial charge in [-0.15, -0.1) is 0 Å². The first-order chi connectivity index (χ1) is 14.3. The van der Waals surface area contributed by atoms with Gasteiger partial charge in [-0.05, 0) is 65.9 Å². The molecule has 1 N–H and O–H groups in total. The van der Waals surface area contributed by atoms with E-state index in [-0.39, 0.29) is 18.0 Å². The number of carbonyl (C=O) groups excluding carboxylic acids is 2. The third kappa shape index (κ3) is 5.80. The second-order valence-electron chi connectivity index (χ2n) is 10.5. The van der Waals surface area contributed by atoms with E-state index < -0.39 is 23.9 Å². The van der Waals surface area contributed by atoms with Gasteiger partial charge in [0.2, 0.25) is 5.91 Å². The number of hydrogen-bond acceptors (Lipinski definition) is 5. The predicted octanol–water partition coefficient (Wildman–Crippen LogP) is 3.00. The highest BCUT2D eigenvalue weighted by atomic mass is 16.7. The fourth-order valence-corrected chi connectivity index (χ4v) is 3.59. The van der Waals surface area contributed by atoms with Crippen LogP contribution in [0.15, 0.2) is 24.3 Å². The number of nitrogens with one attached hydrogen (secondary N) is 1. The summed E-state index contributed by atoms with van der Waals surface area (Å²) in [4.78, 5) is 26.0. The van der Waals surface area contributed by atoms with E-state index in [1.54, 1.807) is 4.90 Å². The van der Waals surface area contributed by atoms with Gasteiger partial charge >= 0.3 is 13.2 Å². The van der Waals surface area contributed by atoms with Crippen LogP contribution in [0.25, 0.3) is 0 Å². The Labute approximate surface area is 185 Å². The molecule has 7 nitrogen and oxygen atoms in total. The maximum Gasteiger partial charge on any atom is 0.494 e. The van der Waals surface area contributed by atoms with Gasteiger partial charge in [-0.2, -0.15) is 0 Å². The standard InChI is InChI=1S/C23H35BN2O5/c1-21(2,3)29-20(28)26(15-18-12-13-19(27)25-18)14-16-8-10-17(11-9-16)24-30-22(4,5)23(6,7)31-24/h8-11,18H,12-15H2,1-7H3,(H,25,27)/t18-/m0/s1. The van der Waals surface area contributed by atoms with Crippen molar-refractivity contribution in [3.63, 3.8) is 0 Å². The van der Waals surface area contributed by atoms with Crippen LogP contribution in [0.1, 0.15) is 66.9 Å². The molecule has 2 amide bonds. The van der Waals surface area contributed by atoms with Crippen molar-refractivity contribution in [2.75, 3.05) is 6.54 Å². The molecule has 0 aliphatic carbocycles. The van der Waals surface area contributed by atoms with E-state index in [0.717, 1.165) is 17.4 Å². The number of rotatable bonds is 5. The van der Waals surface area contributed by atoms with Crippen LogP contribution in [0.5, 0.6) is 0 Å². The summed E-state index contributed by atoms with van der Waals surface area (Å²) in [5.74, 6) is 0.0286. The summed E-state index contributed by atoms with van der Waals surface area (Å²) >= 11 is 0. The molecule has 0 unspecified atom stereocenters. The van der Waals surface area contributed by atoms with Gasteiger partial charge in [-0.25, -0.2) is 4.79 Å². The Morgan fingerprint density at radius 3 is 2.23 bits per heavy atom. The number of amides is 2. The van der Waals surface area contributed by atoms with Crippen LogP contribution < -0.4 is 10.8 Å². The molecule has 0 saturated carbocycles. The number of carbonyl (C=O) groups is 2. The van der Waals surface area contributed by atoms with Gasteiger partial charge in [0.1, 0.15) is 5.60 Å². The lowest BCUT2D eigenvalue weighted by Crippen LogP contribution is -2.43. The monoisotopic (exact) mass is 430 g/mol. The van der Waals surface area contributed by atoms with Crippen LogP contribution in [0.4, 0.5) is 4.79 Å². The minimum Gasteiger partial charge on any atom is -0.444 e. The van der Waals surface area contributed by atoms with Crippen molar-refractivity contribution in [2.45, 2.75) is 90.7 Å². The molecule has 8 heteroatoms. The minimum absolute atomic E-state index is 0.0286. The zero-order valence-electron chi connectivity index (χ0n) is 19.8. The van der Waals surface area contributed by atoms with Crippen molar-refractivity contribution in [1.82, 2.24) is 10.2 Å². The Hall–Kier alpha value is -2.06. The Balaban J connectivity index is 1.70. The van der Waals surface area contributed by atoms with E-state index in [1.165, 1.54) is 0 Å². The highest BCUT2D eigenvalue weighted by molar-refractivity contribution is 6.62. The third-order valence-electron chi connectivity index (χ3n) is 6.06. The third-order valence-corrected chi connectivity index (χ3v) is 6.06. The Morgan fingerprint density at radius 2 is 1.74 bits per heavy atom. The number of benzene rings is 1. The second kappa shape index (κ2) is 8.47. The fourth-order valence-electron chi connectivity index (χ4n) is 3.59. The smallest absolute Gasteiger partial charge is 0.444 e. The Bertz CT molecular complexity index is 800. The van der Waals surface area contributed by atoms with E-state index in [2.05, 4.69) is 5.32 Å². The molecule has 1 atom stereocenters. The van der Waals surface area contributed by atoms with Gasteiger partial charge in [-0.1, -0.05) is 24.3 Å². The molecule has 2 aliphatic heterocycles. The molecule has 2 saturated heterocycles. The van der Waals surface area contributed by atoms with Crippen molar-refractivity contribution in [3.05, 3.63) is 29.8 Å². The first-order valence-corrected chi connectivity index (χ1v) is 11.0. The molecule has 170 valence electrons. The molecule has 1 aromatic carbocycles. The fraction of sp³-hybridized carbons (Fsp3) is 0.652. The first-order valence-electron chi connectivity index (χ1n) is 11.0. The van der Waals surface area contributed by atoms with Crippen LogP contribution in [-0.2, 0) is 25.4 Å². The van der Waals surface area contributed by atoms with Gasteiger partial charge in [0.05, 0.1) is 11.2 Å². The topological polar surface area (TPSA) is 77.1 Å². The Kier molecular flexibility index (Phi) is 6.45. The van der Waals surface area contributed by atoms with Crippen molar-refractivity contribution < 1.29 is 23.6 Å². The summed E-state index contributed by atoms with van der Waals surface area (Å²) in [6.07, 6.45) is 0.831. The average molecular weight is 430 g/mol. The van der Waals surface area contributed by atoms with E-state index in [1.807, 2.05) is 72.7 Å². The van der Waals surface area contributed by atoms with E-state index in [0.29, 0.717) is 19.5 Å². The molecule has 2 aliphatic rings. The van der Waals surface area contributed by atoms with Gasteiger partial charge < -0.3 is 24.3 Å². The lowest BCUT2D eigenvalue weighted by molar-refractivity contribution is -0.119. The van der Waals surface area contributed by atoms with Crippen LogP contribution in [0.3, 0.4) is 0 Å². The minimum atomic E-state index is -0.588. The van der Waals surface area contributed by atoms with Crippen LogP contribution in [0.2, 0.25) is 0 Å². The normalized spacial score (nSPS) is 22.4. The zero-order valence-corrected chi connectivity index (χ0v) is 19.8. The SMILES string of the molecule is CC(C)(C)OC(=O)N(Cc1ccc(B2OC(C)(C)C(C)(C)O2)cc1)C[C@@H]1CCC(=O)N1. The van der Waals surface area contributed by atoms with Crippen molar-refractivity contribution in [2.24, 2.45) is 0 Å². The molecular weight excluding hydrogens is 395 g/mol. The second-order valence-corrected chi connectivity index (χ2v) is 10.5. The maximum atomic E-state index is 12.8. The summed E-state index contributed by atoms with van der Waals surface area (Å²) in [6.45, 7) is 14.5. The van der Waals surface area contributed by atoms with E-state index in [9.17, 15) is 9.59 Å². The summed E-state index contributed by atoms with van der Waals surface area (Å²) in [5, 5.41) is 2.93. The molecule has 0 aromatic heterocycles. The van der Waals surface area contributed by atoms with Gasteiger partial charge in [-0.3, -0.25) is 4.79 Å². The Morgan fingerprint density at radius 1 is 1.16 bits per heavy atom. The van der Waals surface area contributed by atoms with Crippen LogP contribution >= 0.6 is 0 Å². The number of hydrogen-bond donors (Lipinski definition) is 1. The van der Waals surface area contributed by atoms with Gasteiger partial charge in [0.15, 0.2) is 0 Å². The van der Waals surface area contributed by atoms with E-state index >= 15 is 0 Å².